The van der Waals surface area contributed by atoms with Gasteiger partial charge in [-0.15, -0.1) is 0 Å². The Kier molecular flexibility index (Phi) is 4.63. The van der Waals surface area contributed by atoms with Gasteiger partial charge in [0.25, 0.3) is 0 Å². The number of nitrogens with zero attached hydrogens (tertiary/aromatic N) is 2. The van der Waals surface area contributed by atoms with Crippen LogP contribution in [0, 0.1) is 5.92 Å². The van der Waals surface area contributed by atoms with Gasteiger partial charge in [0, 0.05) is 29.4 Å². The fourth-order valence-corrected chi connectivity index (χ4v) is 4.82. The summed E-state index contributed by atoms with van der Waals surface area (Å²) in [6.07, 6.45) is 2.87. The van der Waals surface area contributed by atoms with E-state index >= 15 is 0 Å². The van der Waals surface area contributed by atoms with Gasteiger partial charge < -0.3 is 15.2 Å². The summed E-state index contributed by atoms with van der Waals surface area (Å²) in [5.74, 6) is -1.10. The molecular weight excluding hydrogens is 339 g/mol. The summed E-state index contributed by atoms with van der Waals surface area (Å²) in [4.78, 5) is 2.30. The molecule has 2 aromatic rings. The van der Waals surface area contributed by atoms with Crippen molar-refractivity contribution in [1.29, 1.82) is 0 Å². The lowest BCUT2D eigenvalue weighted by atomic mass is 9.87. The number of anilines is 1. The highest BCUT2D eigenvalue weighted by Gasteiger charge is 2.42. The lowest BCUT2D eigenvalue weighted by molar-refractivity contribution is -0.186. The standard InChI is InChI=1S/C20H26F3N3/c21-20(22,23)14-8-11-25(12-9-14)15-4-6-16(7-5-15)26-13-10-17-18(24)2-1-3-19(17)26/h1-3,10,13-16H,4-9,11-12,24H2. The Hall–Kier alpha value is -1.69. The topological polar surface area (TPSA) is 34.2 Å². The summed E-state index contributed by atoms with van der Waals surface area (Å²) in [5.41, 5.74) is 8.05. The highest BCUT2D eigenvalue weighted by molar-refractivity contribution is 5.91. The molecule has 2 aliphatic rings. The second kappa shape index (κ2) is 6.80. The van der Waals surface area contributed by atoms with Crippen molar-refractivity contribution in [3.63, 3.8) is 0 Å². The number of alkyl halides is 3. The van der Waals surface area contributed by atoms with Crippen molar-refractivity contribution >= 4 is 16.6 Å². The van der Waals surface area contributed by atoms with E-state index in [9.17, 15) is 13.2 Å². The molecule has 26 heavy (non-hydrogen) atoms. The largest absolute Gasteiger partial charge is 0.398 e. The number of hydrogen-bond donors (Lipinski definition) is 1. The maximum Gasteiger partial charge on any atom is 0.391 e. The van der Waals surface area contributed by atoms with Gasteiger partial charge in [-0.3, -0.25) is 0 Å². The van der Waals surface area contributed by atoms with Gasteiger partial charge >= 0.3 is 6.18 Å². The molecule has 0 radical (unpaired) electrons. The summed E-state index contributed by atoms with van der Waals surface area (Å²) in [6, 6.07) is 9.00. The van der Waals surface area contributed by atoms with Crippen molar-refractivity contribution in [2.45, 2.75) is 56.8 Å². The quantitative estimate of drug-likeness (QED) is 0.762. The molecule has 142 valence electrons. The molecule has 2 heterocycles. The normalized spacial score (nSPS) is 26.4. The number of likely N-dealkylation sites (tertiary alicyclic amines) is 1. The van der Waals surface area contributed by atoms with E-state index < -0.39 is 12.1 Å². The zero-order chi connectivity index (χ0) is 18.3. The van der Waals surface area contributed by atoms with Crippen LogP contribution in [0.15, 0.2) is 30.5 Å². The summed E-state index contributed by atoms with van der Waals surface area (Å²) >= 11 is 0. The number of aromatic nitrogens is 1. The van der Waals surface area contributed by atoms with E-state index in [2.05, 4.69) is 27.8 Å². The Labute approximate surface area is 151 Å². The predicted octanol–water partition coefficient (Wildman–Crippen LogP) is 4.98. The van der Waals surface area contributed by atoms with E-state index in [0.717, 1.165) is 36.8 Å². The number of piperidine rings is 1. The van der Waals surface area contributed by atoms with Crippen molar-refractivity contribution in [2.75, 3.05) is 18.8 Å². The number of nitrogens with two attached hydrogens (primary N) is 1. The van der Waals surface area contributed by atoms with Gasteiger partial charge in [-0.2, -0.15) is 13.2 Å². The molecule has 2 N–H and O–H groups in total. The first kappa shape index (κ1) is 17.7. The zero-order valence-corrected chi connectivity index (χ0v) is 14.9. The number of hydrogen-bond acceptors (Lipinski definition) is 2. The predicted molar refractivity (Wildman–Crippen MR) is 98.0 cm³/mol. The molecule has 1 aromatic heterocycles. The van der Waals surface area contributed by atoms with E-state index in [1.165, 1.54) is 5.52 Å². The average Bonchev–Trinajstić information content (AvgIpc) is 3.07. The van der Waals surface area contributed by atoms with E-state index in [4.69, 9.17) is 5.73 Å². The van der Waals surface area contributed by atoms with Crippen molar-refractivity contribution < 1.29 is 13.2 Å². The van der Waals surface area contributed by atoms with Crippen LogP contribution in [0.2, 0.25) is 0 Å². The Morgan fingerprint density at radius 3 is 2.19 bits per heavy atom. The van der Waals surface area contributed by atoms with Crippen molar-refractivity contribution in [3.05, 3.63) is 30.5 Å². The second-order valence-electron chi connectivity index (χ2n) is 7.82. The Bertz CT molecular complexity index is 751. The number of benzene rings is 1. The number of rotatable bonds is 2. The Morgan fingerprint density at radius 1 is 0.885 bits per heavy atom. The van der Waals surface area contributed by atoms with Crippen molar-refractivity contribution in [3.8, 4) is 0 Å². The molecule has 1 aliphatic heterocycles. The minimum absolute atomic E-state index is 0.255. The van der Waals surface area contributed by atoms with Crippen LogP contribution in [0.4, 0.5) is 18.9 Å². The third-order valence-electron chi connectivity index (χ3n) is 6.37. The monoisotopic (exact) mass is 365 g/mol. The van der Waals surface area contributed by atoms with Crippen LogP contribution in [-0.2, 0) is 0 Å². The lowest BCUT2D eigenvalue weighted by Crippen LogP contribution is -2.45. The molecule has 0 atom stereocenters. The summed E-state index contributed by atoms with van der Waals surface area (Å²) in [6.45, 7) is 1.17. The third kappa shape index (κ3) is 3.31. The number of halogens is 3. The van der Waals surface area contributed by atoms with E-state index in [-0.39, 0.29) is 12.8 Å². The zero-order valence-electron chi connectivity index (χ0n) is 14.9. The highest BCUT2D eigenvalue weighted by Crippen LogP contribution is 2.38. The van der Waals surface area contributed by atoms with Crippen molar-refractivity contribution in [2.24, 2.45) is 5.92 Å². The first-order valence-electron chi connectivity index (χ1n) is 9.59. The number of nitrogen functional groups attached to an aromatic ring is 1. The van der Waals surface area contributed by atoms with Gasteiger partial charge in [0.2, 0.25) is 0 Å². The molecule has 1 aliphatic carbocycles. The highest BCUT2D eigenvalue weighted by atomic mass is 19.4. The van der Waals surface area contributed by atoms with Crippen LogP contribution in [0.1, 0.15) is 44.6 Å². The maximum atomic E-state index is 12.8. The maximum absolute atomic E-state index is 12.8. The summed E-state index contributed by atoms with van der Waals surface area (Å²) < 4.78 is 40.9. The van der Waals surface area contributed by atoms with Crippen molar-refractivity contribution in [1.82, 2.24) is 9.47 Å². The SMILES string of the molecule is Nc1cccc2c1ccn2C1CCC(N2CCC(C(F)(F)F)CC2)CC1. The molecular formula is C20H26F3N3. The van der Waals surface area contributed by atoms with Crippen LogP contribution in [-0.4, -0.2) is 34.8 Å². The second-order valence-corrected chi connectivity index (χ2v) is 7.82. The lowest BCUT2D eigenvalue weighted by Gasteiger charge is -2.41. The van der Waals surface area contributed by atoms with E-state index in [1.54, 1.807) is 0 Å². The summed E-state index contributed by atoms with van der Waals surface area (Å²) in [5, 5.41) is 1.10. The molecule has 2 fully saturated rings. The molecule has 1 aromatic carbocycles. The Morgan fingerprint density at radius 2 is 1.54 bits per heavy atom. The molecule has 0 spiro atoms. The van der Waals surface area contributed by atoms with E-state index in [0.29, 0.717) is 25.2 Å². The van der Waals surface area contributed by atoms with Gasteiger partial charge in [-0.1, -0.05) is 6.07 Å². The van der Waals surface area contributed by atoms with Gasteiger partial charge in [0.05, 0.1) is 11.4 Å². The Balaban J connectivity index is 1.37. The molecule has 3 nitrogen and oxygen atoms in total. The van der Waals surface area contributed by atoms with E-state index in [1.807, 2.05) is 12.1 Å². The molecule has 0 amide bonds. The van der Waals surface area contributed by atoms with Crippen LogP contribution < -0.4 is 5.73 Å². The smallest absolute Gasteiger partial charge is 0.391 e. The molecule has 0 unspecified atom stereocenters. The van der Waals surface area contributed by atoms with Gasteiger partial charge in [-0.05, 0) is 69.8 Å². The number of fused-ring (bicyclic) bond motifs is 1. The van der Waals surface area contributed by atoms with Gasteiger partial charge in [-0.25, -0.2) is 0 Å². The van der Waals surface area contributed by atoms with Crippen LogP contribution >= 0.6 is 0 Å². The first-order valence-corrected chi connectivity index (χ1v) is 9.59. The average molecular weight is 365 g/mol. The minimum atomic E-state index is -4.03. The van der Waals surface area contributed by atoms with Gasteiger partial charge in [0.1, 0.15) is 0 Å². The van der Waals surface area contributed by atoms with Crippen LogP contribution in [0.25, 0.3) is 10.9 Å². The van der Waals surface area contributed by atoms with Crippen LogP contribution in [0.5, 0.6) is 0 Å². The van der Waals surface area contributed by atoms with Crippen LogP contribution in [0.3, 0.4) is 0 Å². The third-order valence-corrected chi connectivity index (χ3v) is 6.37. The fraction of sp³-hybridized carbons (Fsp3) is 0.600. The molecule has 1 saturated heterocycles. The fourth-order valence-electron chi connectivity index (χ4n) is 4.82. The molecule has 0 bridgehead atoms. The first-order chi connectivity index (χ1) is 12.4. The molecule has 4 rings (SSSR count). The van der Waals surface area contributed by atoms with Gasteiger partial charge in [0.15, 0.2) is 0 Å². The molecule has 6 heteroatoms. The molecule has 1 saturated carbocycles. The minimum Gasteiger partial charge on any atom is -0.398 e. The summed E-state index contributed by atoms with van der Waals surface area (Å²) in [7, 11) is 0.